The van der Waals surface area contributed by atoms with Gasteiger partial charge in [-0.3, -0.25) is 0 Å². The minimum atomic E-state index is 0.568. The predicted molar refractivity (Wildman–Crippen MR) is 84.4 cm³/mol. The number of hydrogen-bond donors (Lipinski definition) is 1. The van der Waals surface area contributed by atoms with E-state index >= 15 is 0 Å². The molecule has 0 aliphatic carbocycles. The van der Waals surface area contributed by atoms with Crippen molar-refractivity contribution >= 4 is 34.5 Å². The highest BCUT2D eigenvalue weighted by Crippen LogP contribution is 2.29. The zero-order valence-corrected chi connectivity index (χ0v) is 13.1. The Labute approximate surface area is 127 Å². The highest BCUT2D eigenvalue weighted by molar-refractivity contribution is 7.09. The molecule has 0 saturated heterocycles. The Hall–Kier alpha value is -0.610. The Morgan fingerprint density at radius 3 is 2.79 bits per heavy atom. The predicted octanol–water partition coefficient (Wildman–Crippen LogP) is 4.66. The number of rotatable bonds is 6. The molecule has 0 unspecified atom stereocenters. The van der Waals surface area contributed by atoms with Crippen LogP contribution < -0.4 is 5.32 Å². The maximum atomic E-state index is 6.02. The van der Waals surface area contributed by atoms with Crippen LogP contribution in [0.2, 0.25) is 10.0 Å². The minimum Gasteiger partial charge on any atom is -0.316 e. The molecule has 1 N–H and O–H groups in total. The lowest BCUT2D eigenvalue weighted by molar-refractivity contribution is 0.670. The molecule has 19 heavy (non-hydrogen) atoms. The second-order valence-corrected chi connectivity index (χ2v) is 6.01. The van der Waals surface area contributed by atoms with Crippen LogP contribution in [0.15, 0.2) is 23.6 Å². The van der Waals surface area contributed by atoms with Crippen molar-refractivity contribution in [1.29, 1.82) is 0 Å². The second-order valence-electron chi connectivity index (χ2n) is 4.26. The monoisotopic (exact) mass is 314 g/mol. The maximum absolute atomic E-state index is 6.02. The van der Waals surface area contributed by atoms with E-state index in [0.717, 1.165) is 42.2 Å². The van der Waals surface area contributed by atoms with Gasteiger partial charge in [0.2, 0.25) is 0 Å². The maximum Gasteiger partial charge on any atom is 0.0945 e. The zero-order valence-electron chi connectivity index (χ0n) is 10.7. The van der Waals surface area contributed by atoms with E-state index in [1.54, 1.807) is 17.4 Å². The summed E-state index contributed by atoms with van der Waals surface area (Å²) in [5.41, 5.74) is 1.98. The summed E-state index contributed by atoms with van der Waals surface area (Å²) in [6.45, 7) is 4.20. The average Bonchev–Trinajstić information content (AvgIpc) is 2.87. The van der Waals surface area contributed by atoms with E-state index in [1.165, 1.54) is 0 Å². The van der Waals surface area contributed by atoms with Gasteiger partial charge in [-0.25, -0.2) is 4.98 Å². The van der Waals surface area contributed by atoms with E-state index in [9.17, 15) is 0 Å². The summed E-state index contributed by atoms with van der Waals surface area (Å²) in [7, 11) is 0. The van der Waals surface area contributed by atoms with E-state index in [4.69, 9.17) is 23.2 Å². The van der Waals surface area contributed by atoms with Crippen LogP contribution in [0.1, 0.15) is 18.4 Å². The molecule has 1 heterocycles. The third kappa shape index (κ3) is 4.18. The van der Waals surface area contributed by atoms with E-state index < -0.39 is 0 Å². The van der Waals surface area contributed by atoms with Crippen LogP contribution in [0.25, 0.3) is 11.3 Å². The first-order valence-corrected chi connectivity index (χ1v) is 7.95. The molecular weight excluding hydrogens is 299 g/mol. The quantitative estimate of drug-likeness (QED) is 0.784. The molecule has 5 heteroatoms. The molecule has 0 saturated carbocycles. The lowest BCUT2D eigenvalue weighted by Gasteiger charge is -2.00. The normalized spacial score (nSPS) is 10.9. The van der Waals surface area contributed by atoms with Gasteiger partial charge in [-0.05, 0) is 25.1 Å². The van der Waals surface area contributed by atoms with E-state index in [-0.39, 0.29) is 0 Å². The molecule has 1 aromatic carbocycles. The number of halogens is 2. The van der Waals surface area contributed by atoms with Gasteiger partial charge in [-0.15, -0.1) is 11.3 Å². The van der Waals surface area contributed by atoms with E-state index in [0.29, 0.717) is 10.0 Å². The van der Waals surface area contributed by atoms with Crippen LogP contribution in [-0.4, -0.2) is 18.1 Å². The summed E-state index contributed by atoms with van der Waals surface area (Å²) < 4.78 is 0. The van der Waals surface area contributed by atoms with Crippen LogP contribution in [0.4, 0.5) is 0 Å². The van der Waals surface area contributed by atoms with Gasteiger partial charge >= 0.3 is 0 Å². The van der Waals surface area contributed by atoms with Crippen molar-refractivity contribution < 1.29 is 0 Å². The molecule has 0 aliphatic rings. The Kier molecular flexibility index (Phi) is 5.64. The number of benzene rings is 1. The van der Waals surface area contributed by atoms with Crippen LogP contribution >= 0.6 is 34.5 Å². The Balaban J connectivity index is 2.01. The summed E-state index contributed by atoms with van der Waals surface area (Å²) in [4.78, 5) is 4.63. The van der Waals surface area contributed by atoms with Crippen LogP contribution in [-0.2, 0) is 6.42 Å². The Morgan fingerprint density at radius 2 is 2.05 bits per heavy atom. The number of nitrogens with zero attached hydrogens (tertiary/aromatic N) is 1. The number of nitrogens with one attached hydrogen (secondary N) is 1. The third-order valence-corrected chi connectivity index (χ3v) is 4.36. The number of thiazole rings is 1. The topological polar surface area (TPSA) is 24.9 Å². The van der Waals surface area contributed by atoms with Crippen molar-refractivity contribution in [3.63, 3.8) is 0 Å². The van der Waals surface area contributed by atoms with Crippen molar-refractivity contribution in [3.8, 4) is 11.3 Å². The van der Waals surface area contributed by atoms with E-state index in [1.807, 2.05) is 12.1 Å². The molecule has 0 bridgehead atoms. The van der Waals surface area contributed by atoms with Gasteiger partial charge in [0, 0.05) is 23.9 Å². The molecule has 1 aromatic heterocycles. The van der Waals surface area contributed by atoms with Crippen LogP contribution in [0.5, 0.6) is 0 Å². The fraction of sp³-hybridized carbons (Fsp3) is 0.357. The molecule has 2 aromatic rings. The van der Waals surface area contributed by atoms with Gasteiger partial charge in [-0.1, -0.05) is 36.2 Å². The summed E-state index contributed by atoms with van der Waals surface area (Å²) in [6, 6.07) is 5.61. The van der Waals surface area contributed by atoms with Gasteiger partial charge in [0.25, 0.3) is 0 Å². The fourth-order valence-corrected chi connectivity index (χ4v) is 2.82. The molecule has 2 rings (SSSR count). The van der Waals surface area contributed by atoms with Gasteiger partial charge in [-0.2, -0.15) is 0 Å². The first kappa shape index (κ1) is 14.8. The SMILES string of the molecule is CCCNCCc1nc(-c2ccc(Cl)c(Cl)c2)cs1. The van der Waals surface area contributed by atoms with Gasteiger partial charge in [0.15, 0.2) is 0 Å². The van der Waals surface area contributed by atoms with Gasteiger partial charge < -0.3 is 5.32 Å². The average molecular weight is 315 g/mol. The summed E-state index contributed by atoms with van der Waals surface area (Å²) in [5.74, 6) is 0. The highest BCUT2D eigenvalue weighted by Gasteiger charge is 2.06. The molecule has 0 aliphatic heterocycles. The third-order valence-electron chi connectivity index (χ3n) is 2.71. The van der Waals surface area contributed by atoms with Crippen molar-refractivity contribution in [2.45, 2.75) is 19.8 Å². The fourth-order valence-electron chi connectivity index (χ4n) is 1.71. The molecule has 0 amide bonds. The summed E-state index contributed by atoms with van der Waals surface area (Å²) >= 11 is 13.6. The highest BCUT2D eigenvalue weighted by atomic mass is 35.5. The number of aromatic nitrogens is 1. The lowest BCUT2D eigenvalue weighted by atomic mass is 10.2. The zero-order chi connectivity index (χ0) is 13.7. The standard InChI is InChI=1S/C14H16Cl2N2S/c1-2-6-17-7-5-14-18-13(9-19-14)10-3-4-11(15)12(16)8-10/h3-4,8-9,17H,2,5-7H2,1H3. The smallest absolute Gasteiger partial charge is 0.0945 e. The second kappa shape index (κ2) is 7.25. The Morgan fingerprint density at radius 1 is 1.21 bits per heavy atom. The molecule has 0 atom stereocenters. The van der Waals surface area contributed by atoms with Crippen LogP contribution in [0.3, 0.4) is 0 Å². The molecule has 102 valence electrons. The van der Waals surface area contributed by atoms with Gasteiger partial charge in [0.1, 0.15) is 0 Å². The lowest BCUT2D eigenvalue weighted by Crippen LogP contribution is -2.17. The van der Waals surface area contributed by atoms with Crippen molar-refractivity contribution in [2.75, 3.05) is 13.1 Å². The van der Waals surface area contributed by atoms with E-state index in [2.05, 4.69) is 22.6 Å². The number of hydrogen-bond acceptors (Lipinski definition) is 3. The summed E-state index contributed by atoms with van der Waals surface area (Å²) in [5, 5.41) is 7.73. The molecule has 0 radical (unpaired) electrons. The van der Waals surface area contributed by atoms with Gasteiger partial charge in [0.05, 0.1) is 20.7 Å². The minimum absolute atomic E-state index is 0.568. The molecule has 0 spiro atoms. The Bertz CT molecular complexity index is 540. The largest absolute Gasteiger partial charge is 0.316 e. The first-order valence-electron chi connectivity index (χ1n) is 6.31. The van der Waals surface area contributed by atoms with Crippen molar-refractivity contribution in [2.24, 2.45) is 0 Å². The molecular formula is C14H16Cl2N2S. The first-order chi connectivity index (χ1) is 9.20. The van der Waals surface area contributed by atoms with Crippen molar-refractivity contribution in [1.82, 2.24) is 10.3 Å². The van der Waals surface area contributed by atoms with Crippen LogP contribution in [0, 0.1) is 0 Å². The molecule has 0 fully saturated rings. The van der Waals surface area contributed by atoms with Crippen molar-refractivity contribution in [3.05, 3.63) is 38.6 Å². The summed E-state index contributed by atoms with van der Waals surface area (Å²) in [6.07, 6.45) is 2.12. The molecule has 2 nitrogen and oxygen atoms in total.